The second-order valence-electron chi connectivity index (χ2n) is 15.6. The average Bonchev–Trinajstić information content (AvgIpc) is 3.73. The number of rotatable bonds is 9. The van der Waals surface area contributed by atoms with Gasteiger partial charge in [0.15, 0.2) is 0 Å². The minimum Gasteiger partial charge on any atom is -0.310 e. The minimum absolute atomic E-state index is 1.09. The average molecular weight is 808 g/mol. The van der Waals surface area contributed by atoms with Gasteiger partial charge < -0.3 is 4.90 Å². The van der Waals surface area contributed by atoms with Gasteiger partial charge in [-0.15, -0.1) is 11.3 Å². The lowest BCUT2D eigenvalue weighted by Crippen LogP contribution is -2.09. The minimum atomic E-state index is 1.09. The molecule has 0 fully saturated rings. The third-order valence-electron chi connectivity index (χ3n) is 11.9. The Morgan fingerprint density at radius 1 is 0.242 bits per heavy atom. The Bertz CT molecular complexity index is 3010. The fourth-order valence-electron chi connectivity index (χ4n) is 9.01. The Morgan fingerprint density at radius 3 is 1.02 bits per heavy atom. The number of thiophene rings is 1. The molecule has 62 heavy (non-hydrogen) atoms. The second kappa shape index (κ2) is 16.3. The van der Waals surface area contributed by atoms with Crippen LogP contribution in [-0.4, -0.2) is 0 Å². The van der Waals surface area contributed by atoms with Crippen LogP contribution in [0.3, 0.4) is 0 Å². The van der Waals surface area contributed by atoms with Crippen LogP contribution in [0.15, 0.2) is 249 Å². The molecule has 1 nitrogen and oxygen atoms in total. The molecule has 10 aromatic carbocycles. The molecule has 0 spiro atoms. The lowest BCUT2D eigenvalue weighted by atomic mass is 9.87. The van der Waals surface area contributed by atoms with Crippen LogP contribution in [0, 0.1) is 0 Å². The summed E-state index contributed by atoms with van der Waals surface area (Å²) in [6.07, 6.45) is 0. The molecule has 2 heteroatoms. The van der Waals surface area contributed by atoms with Crippen LogP contribution in [0.2, 0.25) is 0 Å². The van der Waals surface area contributed by atoms with E-state index >= 15 is 0 Å². The van der Waals surface area contributed by atoms with Crippen molar-refractivity contribution in [2.24, 2.45) is 0 Å². The summed E-state index contributed by atoms with van der Waals surface area (Å²) in [4.78, 5) is 2.40. The van der Waals surface area contributed by atoms with Gasteiger partial charge in [-0.2, -0.15) is 0 Å². The number of anilines is 3. The highest BCUT2D eigenvalue weighted by molar-refractivity contribution is 7.25. The van der Waals surface area contributed by atoms with Crippen molar-refractivity contribution in [3.05, 3.63) is 249 Å². The normalized spacial score (nSPS) is 11.2. The molecule has 1 heterocycles. The molecular weight excluding hydrogens is 767 g/mol. The maximum atomic E-state index is 2.40. The molecule has 0 unspecified atom stereocenters. The highest BCUT2D eigenvalue weighted by Crippen LogP contribution is 2.45. The lowest BCUT2D eigenvalue weighted by molar-refractivity contribution is 1.29. The Morgan fingerprint density at radius 2 is 0.597 bits per heavy atom. The van der Waals surface area contributed by atoms with Crippen molar-refractivity contribution in [3.8, 4) is 66.8 Å². The first kappa shape index (κ1) is 37.2. The topological polar surface area (TPSA) is 3.24 Å². The second-order valence-corrected chi connectivity index (χ2v) is 16.7. The number of hydrogen-bond donors (Lipinski definition) is 0. The Kier molecular flexibility index (Phi) is 9.82. The number of benzene rings is 10. The zero-order valence-electron chi connectivity index (χ0n) is 34.0. The molecule has 0 amide bonds. The van der Waals surface area contributed by atoms with E-state index in [0.29, 0.717) is 0 Å². The van der Waals surface area contributed by atoms with E-state index in [9.17, 15) is 0 Å². The van der Waals surface area contributed by atoms with Crippen molar-refractivity contribution >= 4 is 48.6 Å². The van der Waals surface area contributed by atoms with Gasteiger partial charge in [0.2, 0.25) is 0 Å². The zero-order valence-corrected chi connectivity index (χ0v) is 34.8. The zero-order chi connectivity index (χ0) is 41.2. The number of hydrogen-bond acceptors (Lipinski definition) is 2. The van der Waals surface area contributed by atoms with Crippen molar-refractivity contribution in [3.63, 3.8) is 0 Å². The maximum Gasteiger partial charge on any atom is 0.0476 e. The predicted octanol–water partition coefficient (Wildman–Crippen LogP) is 17.5. The molecule has 292 valence electrons. The Balaban J connectivity index is 1.06. The summed E-state index contributed by atoms with van der Waals surface area (Å²) < 4.78 is 2.58. The summed E-state index contributed by atoms with van der Waals surface area (Å²) in [5, 5.41) is 2.59. The standard InChI is InChI=1S/C60H41NS/c1-5-17-42(18-6-1)51-26-15-27-52(43-19-7-2-8-20-43)59(51)46-31-35-48(36-32-46)61(50-39-40-56-55-25-13-14-30-57(55)62-58(56)41-50)49-37-33-47(34-38-49)60-53(44-21-9-3-10-22-44)28-16-29-54(60)45-23-11-4-12-24-45/h1-41H. The monoisotopic (exact) mass is 807 g/mol. The summed E-state index contributed by atoms with van der Waals surface area (Å²) in [5.74, 6) is 0. The van der Waals surface area contributed by atoms with Crippen LogP contribution in [0.4, 0.5) is 17.1 Å². The van der Waals surface area contributed by atoms with E-state index in [1.165, 1.54) is 86.9 Å². The summed E-state index contributed by atoms with van der Waals surface area (Å²) in [5.41, 5.74) is 17.8. The summed E-state index contributed by atoms with van der Waals surface area (Å²) in [7, 11) is 0. The van der Waals surface area contributed by atoms with E-state index < -0.39 is 0 Å². The van der Waals surface area contributed by atoms with Gasteiger partial charge in [-0.3, -0.25) is 0 Å². The van der Waals surface area contributed by atoms with Crippen molar-refractivity contribution < 1.29 is 0 Å². The van der Waals surface area contributed by atoms with Crippen LogP contribution in [0.5, 0.6) is 0 Å². The lowest BCUT2D eigenvalue weighted by Gasteiger charge is -2.26. The van der Waals surface area contributed by atoms with Gasteiger partial charge >= 0.3 is 0 Å². The Labute approximate surface area is 367 Å². The van der Waals surface area contributed by atoms with Gasteiger partial charge in [-0.05, 0) is 109 Å². The van der Waals surface area contributed by atoms with Crippen molar-refractivity contribution in [1.82, 2.24) is 0 Å². The molecule has 0 aliphatic rings. The van der Waals surface area contributed by atoms with Crippen LogP contribution in [-0.2, 0) is 0 Å². The fraction of sp³-hybridized carbons (Fsp3) is 0. The third kappa shape index (κ3) is 6.97. The SMILES string of the molecule is c1ccc(-c2cccc(-c3ccccc3)c2-c2ccc(N(c3ccc(-c4c(-c5ccccc5)cccc4-c4ccccc4)cc3)c3ccc4c(c3)sc3ccccc34)cc2)cc1. The molecular formula is C60H41NS. The molecule has 0 aliphatic carbocycles. The maximum absolute atomic E-state index is 2.40. The molecule has 0 radical (unpaired) electrons. The van der Waals surface area contributed by atoms with Gasteiger partial charge in [0.25, 0.3) is 0 Å². The van der Waals surface area contributed by atoms with Gasteiger partial charge in [0, 0.05) is 37.2 Å². The molecule has 0 saturated carbocycles. The summed E-state index contributed by atoms with van der Waals surface area (Å²) in [6.45, 7) is 0. The van der Waals surface area contributed by atoms with E-state index in [1.807, 2.05) is 11.3 Å². The van der Waals surface area contributed by atoms with Crippen molar-refractivity contribution in [2.75, 3.05) is 4.90 Å². The molecule has 1 aromatic heterocycles. The highest BCUT2D eigenvalue weighted by Gasteiger charge is 2.20. The molecule has 11 rings (SSSR count). The first-order chi connectivity index (χ1) is 30.8. The predicted molar refractivity (Wildman–Crippen MR) is 267 cm³/mol. The van der Waals surface area contributed by atoms with Crippen LogP contribution in [0.25, 0.3) is 86.9 Å². The van der Waals surface area contributed by atoms with E-state index in [-0.39, 0.29) is 0 Å². The van der Waals surface area contributed by atoms with Gasteiger partial charge in [0.1, 0.15) is 0 Å². The van der Waals surface area contributed by atoms with Crippen LogP contribution < -0.4 is 4.90 Å². The quantitative estimate of drug-likeness (QED) is 0.140. The molecule has 0 N–H and O–H groups in total. The highest BCUT2D eigenvalue weighted by atomic mass is 32.1. The first-order valence-corrected chi connectivity index (χ1v) is 22.0. The summed E-state index contributed by atoms with van der Waals surface area (Å²) >= 11 is 1.85. The van der Waals surface area contributed by atoms with E-state index in [4.69, 9.17) is 0 Å². The van der Waals surface area contributed by atoms with E-state index in [1.54, 1.807) is 0 Å². The van der Waals surface area contributed by atoms with Crippen LogP contribution in [0.1, 0.15) is 0 Å². The molecule has 0 bridgehead atoms. The smallest absolute Gasteiger partial charge is 0.0476 e. The number of nitrogens with zero attached hydrogens (tertiary/aromatic N) is 1. The van der Waals surface area contributed by atoms with Crippen LogP contribution >= 0.6 is 11.3 Å². The summed E-state index contributed by atoms with van der Waals surface area (Å²) in [6, 6.07) is 90.3. The van der Waals surface area contributed by atoms with Gasteiger partial charge in [0.05, 0.1) is 0 Å². The molecule has 0 saturated heterocycles. The molecule has 11 aromatic rings. The van der Waals surface area contributed by atoms with Gasteiger partial charge in [-0.1, -0.05) is 206 Å². The third-order valence-corrected chi connectivity index (χ3v) is 13.1. The van der Waals surface area contributed by atoms with E-state index in [0.717, 1.165) is 17.1 Å². The molecule has 0 aliphatic heterocycles. The fourth-order valence-corrected chi connectivity index (χ4v) is 10.2. The first-order valence-electron chi connectivity index (χ1n) is 21.2. The van der Waals surface area contributed by atoms with E-state index in [2.05, 4.69) is 254 Å². The largest absolute Gasteiger partial charge is 0.310 e. The number of fused-ring (bicyclic) bond motifs is 3. The molecule has 0 atom stereocenters. The van der Waals surface area contributed by atoms with Crippen molar-refractivity contribution in [2.45, 2.75) is 0 Å². The van der Waals surface area contributed by atoms with Crippen molar-refractivity contribution in [1.29, 1.82) is 0 Å². The van der Waals surface area contributed by atoms with Gasteiger partial charge in [-0.25, -0.2) is 0 Å². The Hall–Kier alpha value is -7.78.